The fraction of sp³-hybridized carbons (Fsp3) is 0.375. The van der Waals surface area contributed by atoms with Gasteiger partial charge in [-0.05, 0) is 31.0 Å². The maximum absolute atomic E-state index is 12.2. The van der Waals surface area contributed by atoms with E-state index in [9.17, 15) is 4.79 Å². The SMILES string of the molecule is COc1ccc(C2CCN(C(=O)Nc3cc(C)on3)C2)cc1. The molecule has 1 N–H and O–H groups in total. The molecule has 3 rings (SSSR count). The normalized spacial score (nSPS) is 17.5. The largest absolute Gasteiger partial charge is 0.497 e. The molecule has 1 aromatic carbocycles. The summed E-state index contributed by atoms with van der Waals surface area (Å²) in [5, 5.41) is 6.53. The number of nitrogens with one attached hydrogen (secondary N) is 1. The van der Waals surface area contributed by atoms with E-state index in [1.807, 2.05) is 12.1 Å². The highest BCUT2D eigenvalue weighted by molar-refractivity contribution is 5.88. The number of methoxy groups -OCH3 is 1. The summed E-state index contributed by atoms with van der Waals surface area (Å²) in [6.45, 7) is 3.23. The van der Waals surface area contributed by atoms with E-state index in [0.29, 0.717) is 24.0 Å². The number of benzene rings is 1. The summed E-state index contributed by atoms with van der Waals surface area (Å²) < 4.78 is 10.1. The first-order valence-corrected chi connectivity index (χ1v) is 7.29. The molecule has 1 aromatic heterocycles. The van der Waals surface area contributed by atoms with Crippen molar-refractivity contribution in [1.29, 1.82) is 0 Å². The van der Waals surface area contributed by atoms with Crippen LogP contribution in [0.25, 0.3) is 0 Å². The van der Waals surface area contributed by atoms with E-state index < -0.39 is 0 Å². The van der Waals surface area contributed by atoms with Gasteiger partial charge in [0.05, 0.1) is 7.11 Å². The molecule has 0 radical (unpaired) electrons. The molecule has 0 bridgehead atoms. The quantitative estimate of drug-likeness (QED) is 0.946. The monoisotopic (exact) mass is 301 g/mol. The highest BCUT2D eigenvalue weighted by Gasteiger charge is 2.27. The molecule has 1 saturated heterocycles. The molecule has 1 fully saturated rings. The van der Waals surface area contributed by atoms with Crippen LogP contribution in [0.5, 0.6) is 5.75 Å². The van der Waals surface area contributed by atoms with Gasteiger partial charge in [0.1, 0.15) is 11.5 Å². The molecule has 2 amide bonds. The van der Waals surface area contributed by atoms with Crippen LogP contribution >= 0.6 is 0 Å². The summed E-state index contributed by atoms with van der Waals surface area (Å²) in [5.74, 6) is 2.33. The van der Waals surface area contributed by atoms with Crippen molar-refractivity contribution in [1.82, 2.24) is 10.1 Å². The number of rotatable bonds is 3. The summed E-state index contributed by atoms with van der Waals surface area (Å²) >= 11 is 0. The summed E-state index contributed by atoms with van der Waals surface area (Å²) in [5.41, 5.74) is 1.23. The maximum atomic E-state index is 12.2. The number of aromatic nitrogens is 1. The van der Waals surface area contributed by atoms with Gasteiger partial charge in [0.15, 0.2) is 5.82 Å². The zero-order chi connectivity index (χ0) is 15.5. The Morgan fingerprint density at radius 1 is 1.41 bits per heavy atom. The number of carbonyl (C=O) groups excluding carboxylic acids is 1. The molecule has 0 saturated carbocycles. The molecular weight excluding hydrogens is 282 g/mol. The van der Waals surface area contributed by atoms with Gasteiger partial charge >= 0.3 is 6.03 Å². The van der Waals surface area contributed by atoms with Gasteiger partial charge in [-0.2, -0.15) is 0 Å². The fourth-order valence-electron chi connectivity index (χ4n) is 2.71. The van der Waals surface area contributed by atoms with Crippen molar-refractivity contribution in [3.63, 3.8) is 0 Å². The van der Waals surface area contributed by atoms with Crippen molar-refractivity contribution in [2.45, 2.75) is 19.3 Å². The first kappa shape index (κ1) is 14.4. The van der Waals surface area contributed by atoms with Gasteiger partial charge in [0, 0.05) is 25.1 Å². The van der Waals surface area contributed by atoms with E-state index in [0.717, 1.165) is 18.7 Å². The second-order valence-corrected chi connectivity index (χ2v) is 5.46. The second kappa shape index (κ2) is 6.09. The van der Waals surface area contributed by atoms with Crippen molar-refractivity contribution in [3.05, 3.63) is 41.7 Å². The van der Waals surface area contributed by atoms with Gasteiger partial charge < -0.3 is 14.2 Å². The Labute approximate surface area is 129 Å². The molecule has 1 unspecified atom stereocenters. The van der Waals surface area contributed by atoms with Crippen LogP contribution in [0, 0.1) is 6.92 Å². The molecule has 2 aromatic rings. The van der Waals surface area contributed by atoms with E-state index in [-0.39, 0.29) is 6.03 Å². The molecule has 116 valence electrons. The van der Waals surface area contributed by atoms with Crippen LogP contribution in [-0.4, -0.2) is 36.3 Å². The van der Waals surface area contributed by atoms with Gasteiger partial charge in [-0.15, -0.1) is 0 Å². The van der Waals surface area contributed by atoms with Crippen LogP contribution in [0.15, 0.2) is 34.9 Å². The first-order valence-electron chi connectivity index (χ1n) is 7.29. The van der Waals surface area contributed by atoms with Gasteiger partial charge in [0.2, 0.25) is 0 Å². The van der Waals surface area contributed by atoms with Crippen molar-refractivity contribution >= 4 is 11.8 Å². The third-order valence-corrected chi connectivity index (χ3v) is 3.93. The minimum atomic E-state index is -0.135. The number of ether oxygens (including phenoxy) is 1. The minimum Gasteiger partial charge on any atom is -0.497 e. The van der Waals surface area contributed by atoms with Crippen molar-refractivity contribution in [2.24, 2.45) is 0 Å². The topological polar surface area (TPSA) is 67.6 Å². The maximum Gasteiger partial charge on any atom is 0.323 e. The Morgan fingerprint density at radius 3 is 2.82 bits per heavy atom. The molecule has 6 nitrogen and oxygen atoms in total. The Bertz CT molecular complexity index is 651. The Kier molecular flexibility index (Phi) is 4.00. The van der Waals surface area contributed by atoms with Gasteiger partial charge in [0.25, 0.3) is 0 Å². The summed E-state index contributed by atoms with van der Waals surface area (Å²) in [4.78, 5) is 14.0. The third kappa shape index (κ3) is 3.05. The molecule has 0 spiro atoms. The number of nitrogens with zero attached hydrogens (tertiary/aromatic N) is 2. The number of likely N-dealkylation sites (tertiary alicyclic amines) is 1. The van der Waals surface area contributed by atoms with Gasteiger partial charge in [-0.25, -0.2) is 4.79 Å². The number of carbonyl (C=O) groups is 1. The number of amides is 2. The molecule has 0 aliphatic carbocycles. The molecule has 2 heterocycles. The number of hydrogen-bond acceptors (Lipinski definition) is 4. The standard InChI is InChI=1S/C16H19N3O3/c1-11-9-15(18-22-11)17-16(20)19-8-7-13(10-19)12-3-5-14(21-2)6-4-12/h3-6,9,13H,7-8,10H2,1-2H3,(H,17,18,20). The highest BCUT2D eigenvalue weighted by atomic mass is 16.5. The first-order chi connectivity index (χ1) is 10.7. The smallest absolute Gasteiger partial charge is 0.323 e. The molecule has 22 heavy (non-hydrogen) atoms. The lowest BCUT2D eigenvalue weighted by atomic mass is 9.98. The van der Waals surface area contributed by atoms with Crippen LogP contribution in [0.2, 0.25) is 0 Å². The van der Waals surface area contributed by atoms with Crippen LogP contribution < -0.4 is 10.1 Å². The predicted octanol–water partition coefficient (Wildman–Crippen LogP) is 3.01. The predicted molar refractivity (Wildman–Crippen MR) is 82.2 cm³/mol. The van der Waals surface area contributed by atoms with E-state index in [2.05, 4.69) is 22.6 Å². The van der Waals surface area contributed by atoms with Gasteiger partial charge in [-0.3, -0.25) is 5.32 Å². The Hall–Kier alpha value is -2.50. The second-order valence-electron chi connectivity index (χ2n) is 5.46. The summed E-state index contributed by atoms with van der Waals surface area (Å²) in [7, 11) is 1.66. The lowest BCUT2D eigenvalue weighted by Crippen LogP contribution is -2.32. The van der Waals surface area contributed by atoms with E-state index in [1.165, 1.54) is 5.56 Å². The average Bonchev–Trinajstić information content (AvgIpc) is 3.17. The highest BCUT2D eigenvalue weighted by Crippen LogP contribution is 2.28. The van der Waals surface area contributed by atoms with Crippen LogP contribution in [0.1, 0.15) is 23.7 Å². The molecule has 1 aliphatic rings. The number of urea groups is 1. The van der Waals surface area contributed by atoms with Crippen LogP contribution in [0.3, 0.4) is 0 Å². The van der Waals surface area contributed by atoms with Crippen LogP contribution in [0.4, 0.5) is 10.6 Å². The fourth-order valence-corrected chi connectivity index (χ4v) is 2.71. The summed E-state index contributed by atoms with van der Waals surface area (Å²) in [6, 6.07) is 9.60. The number of aryl methyl sites for hydroxylation is 1. The summed E-state index contributed by atoms with van der Waals surface area (Å²) in [6.07, 6.45) is 0.956. The molecule has 6 heteroatoms. The third-order valence-electron chi connectivity index (χ3n) is 3.93. The van der Waals surface area contributed by atoms with E-state index in [4.69, 9.17) is 9.26 Å². The van der Waals surface area contributed by atoms with Crippen LogP contribution in [-0.2, 0) is 0 Å². The molecule has 1 atom stereocenters. The van der Waals surface area contributed by atoms with Crippen molar-refractivity contribution in [2.75, 3.05) is 25.5 Å². The lowest BCUT2D eigenvalue weighted by molar-refractivity contribution is 0.221. The Morgan fingerprint density at radius 2 is 2.18 bits per heavy atom. The zero-order valence-corrected chi connectivity index (χ0v) is 12.7. The molecule has 1 aliphatic heterocycles. The average molecular weight is 301 g/mol. The van der Waals surface area contributed by atoms with E-state index in [1.54, 1.807) is 25.0 Å². The van der Waals surface area contributed by atoms with Crippen molar-refractivity contribution in [3.8, 4) is 5.75 Å². The van der Waals surface area contributed by atoms with E-state index >= 15 is 0 Å². The minimum absolute atomic E-state index is 0.135. The van der Waals surface area contributed by atoms with Gasteiger partial charge in [-0.1, -0.05) is 17.3 Å². The van der Waals surface area contributed by atoms with Crippen molar-refractivity contribution < 1.29 is 14.1 Å². The lowest BCUT2D eigenvalue weighted by Gasteiger charge is -2.16. The number of hydrogen-bond donors (Lipinski definition) is 1. The zero-order valence-electron chi connectivity index (χ0n) is 12.7. The number of anilines is 1. The Balaban J connectivity index is 1.60. The molecular formula is C16H19N3O3.